The van der Waals surface area contributed by atoms with Crippen molar-refractivity contribution < 1.29 is 22.3 Å². The van der Waals surface area contributed by atoms with Crippen LogP contribution in [-0.2, 0) is 5.41 Å². The van der Waals surface area contributed by atoms with Gasteiger partial charge in [-0.15, -0.1) is 0 Å². The molecule has 4 aliphatic rings. The number of anilines is 12. The lowest BCUT2D eigenvalue weighted by Crippen LogP contribution is -2.25. The van der Waals surface area contributed by atoms with Crippen LogP contribution in [0.2, 0.25) is 0 Å². The summed E-state index contributed by atoms with van der Waals surface area (Å²) in [7, 11) is 1.64. The van der Waals surface area contributed by atoms with Gasteiger partial charge in [0.15, 0.2) is 23.3 Å². The van der Waals surface area contributed by atoms with Gasteiger partial charge in [-0.1, -0.05) is 126 Å². The molecular weight excluding hydrogens is 1490 g/mol. The van der Waals surface area contributed by atoms with Crippen molar-refractivity contribution in [3.63, 3.8) is 0 Å². The van der Waals surface area contributed by atoms with E-state index in [4.69, 9.17) is 4.74 Å². The third kappa shape index (κ3) is 19.7. The van der Waals surface area contributed by atoms with Crippen LogP contribution in [-0.4, -0.2) is 134 Å². The van der Waals surface area contributed by atoms with Crippen LogP contribution in [0.25, 0.3) is 22.5 Å². The van der Waals surface area contributed by atoms with E-state index < -0.39 is 0 Å². The van der Waals surface area contributed by atoms with Crippen LogP contribution in [0.1, 0.15) is 150 Å². The second kappa shape index (κ2) is 36.1. The molecule has 117 heavy (non-hydrogen) atoms. The molecule has 6 aromatic carbocycles. The standard InChI is InChI=1S/C23H22FN7O.C22H20FN7.C20H24FN7.C19H22FN7/c1-32-18-5-2-4-16(12-18)19-13-21(30-29-19)27-22-25-14-26-23(28-22)31-11-3-6-20(31)15-7-9-17(24)10-8-15;23-17-10-8-16(9-11-17)19-7-4-12-30(19)22-25-14-24-21(27-22)26-20-13-18(28-29-20)15-5-2-1-3-6-15;1-20(2,3)16-11-17(27-26-16)24-18-22-12-23-19(25-18)28-10-4-5-15(28)13-6-8-14(21)9-7-13;1-12(2)15-10-17(26-25-15)23-18-21-11-22-19(24-18)27-9-3-4-16(27)13-5-7-14(20)8-6-13/h2,4-5,7-10,12-14,20H,3,6,11H2,1H3,(H2,25,26,27,28,29,30);1-3,5-6,8-11,13-14,19H,4,7,12H2,(H2,24,25,26,27,28,29);6-9,11-12,15H,4-5,10H2,1-3H3,(H2,22,23,24,25,26,27);5-8,10-12,16H,3-4,9H2,1-2H3,(H2,21,22,23,24,25,26). The molecule has 0 aliphatic carbocycles. The summed E-state index contributed by atoms with van der Waals surface area (Å²) in [6.07, 6.45) is 14.0. The van der Waals surface area contributed by atoms with E-state index in [0.717, 1.165) is 139 Å². The van der Waals surface area contributed by atoms with Crippen molar-refractivity contribution in [1.29, 1.82) is 0 Å². The Balaban J connectivity index is 0.000000122. The van der Waals surface area contributed by atoms with Crippen molar-refractivity contribution in [2.75, 3.05) is 74.2 Å². The Morgan fingerprint density at radius 1 is 0.376 bits per heavy atom. The maximum Gasteiger partial charge on any atom is 0.233 e. The molecule has 598 valence electrons. The summed E-state index contributed by atoms with van der Waals surface area (Å²) in [5.74, 6) is 6.89. The fraction of sp³-hybridized carbons (Fsp3) is 0.286. The van der Waals surface area contributed by atoms with Gasteiger partial charge in [0.2, 0.25) is 47.6 Å². The summed E-state index contributed by atoms with van der Waals surface area (Å²) < 4.78 is 58.4. The summed E-state index contributed by atoms with van der Waals surface area (Å²) in [5.41, 5.74) is 10.1. The Labute approximate surface area is 672 Å². The Morgan fingerprint density at radius 2 is 0.709 bits per heavy atom. The topological polar surface area (TPSA) is 340 Å². The normalized spacial score (nSPS) is 16.4. The van der Waals surface area contributed by atoms with E-state index in [1.54, 1.807) is 7.11 Å². The predicted molar refractivity (Wildman–Crippen MR) is 440 cm³/mol. The summed E-state index contributed by atoms with van der Waals surface area (Å²) in [6.45, 7) is 13.9. The van der Waals surface area contributed by atoms with Gasteiger partial charge >= 0.3 is 0 Å². The average molecular weight is 1580 g/mol. The van der Waals surface area contributed by atoms with E-state index in [1.807, 2.05) is 127 Å². The molecule has 4 unspecified atom stereocenters. The molecule has 14 aromatic rings. The fourth-order valence-corrected chi connectivity index (χ4v) is 14.5. The summed E-state index contributed by atoms with van der Waals surface area (Å²) in [4.78, 5) is 61.3. The molecule has 0 radical (unpaired) electrons. The van der Waals surface area contributed by atoms with Crippen LogP contribution in [0.15, 0.2) is 201 Å². The van der Waals surface area contributed by atoms with Gasteiger partial charge in [0.05, 0.1) is 42.7 Å². The number of H-pyrrole nitrogens is 4. The van der Waals surface area contributed by atoms with Gasteiger partial charge in [0, 0.05) is 72.8 Å². The minimum absolute atomic E-state index is 0.0187. The molecule has 29 nitrogen and oxygen atoms in total. The van der Waals surface area contributed by atoms with Crippen molar-refractivity contribution in [1.82, 2.24) is 101 Å². The van der Waals surface area contributed by atoms with Gasteiger partial charge in [-0.3, -0.25) is 20.4 Å². The highest BCUT2D eigenvalue weighted by atomic mass is 19.1. The van der Waals surface area contributed by atoms with Crippen LogP contribution in [0, 0.1) is 23.3 Å². The molecule has 8 N–H and O–H groups in total. The van der Waals surface area contributed by atoms with Crippen molar-refractivity contribution in [3.8, 4) is 28.3 Å². The Morgan fingerprint density at radius 3 is 1.05 bits per heavy atom. The number of hydrogen-bond acceptors (Lipinski definition) is 25. The van der Waals surface area contributed by atoms with Crippen LogP contribution < -0.4 is 45.6 Å². The van der Waals surface area contributed by atoms with Gasteiger partial charge in [-0.05, 0) is 146 Å². The van der Waals surface area contributed by atoms with Crippen LogP contribution in [0.3, 0.4) is 0 Å². The second-order valence-electron chi connectivity index (χ2n) is 29.8. The quantitative estimate of drug-likeness (QED) is 0.0329. The first-order chi connectivity index (χ1) is 56.9. The van der Waals surface area contributed by atoms with Crippen LogP contribution in [0.5, 0.6) is 5.75 Å². The SMILES string of the molecule is CC(C)(C)c1cc(Nc2ncnc(N3CCCC3c3ccc(F)cc3)n2)n[nH]1.CC(C)c1cc(Nc2ncnc(N3CCCC3c3ccc(F)cc3)n2)n[nH]1.COc1cccc(-c2cc(Nc3ncnc(N4CCCC4c4ccc(F)cc4)n3)n[nH]2)c1.Fc1ccc(C2CCCN2c2ncnc(Nc3cc(-c4ccccc4)[nH]n3)n2)cc1. The van der Waals surface area contributed by atoms with E-state index in [2.05, 4.69) is 176 Å². The summed E-state index contributed by atoms with van der Waals surface area (Å²) in [6, 6.07) is 52.5. The highest BCUT2D eigenvalue weighted by molar-refractivity contribution is 5.67. The summed E-state index contributed by atoms with van der Waals surface area (Å²) >= 11 is 0. The molecule has 4 fully saturated rings. The number of nitrogens with one attached hydrogen (secondary N) is 8. The molecule has 0 spiro atoms. The largest absolute Gasteiger partial charge is 0.497 e. The fourth-order valence-electron chi connectivity index (χ4n) is 14.5. The molecular formula is C84H88F4N28O. The van der Waals surface area contributed by atoms with Crippen LogP contribution in [0.4, 0.5) is 88.4 Å². The lowest BCUT2D eigenvalue weighted by atomic mass is 9.92. The number of methoxy groups -OCH3 is 1. The number of aromatic nitrogens is 20. The lowest BCUT2D eigenvalue weighted by Gasteiger charge is -2.25. The number of ether oxygens (including phenoxy) is 1. The molecule has 0 amide bonds. The van der Waals surface area contributed by atoms with Gasteiger partial charge < -0.3 is 45.6 Å². The van der Waals surface area contributed by atoms with E-state index in [1.165, 1.54) is 73.8 Å². The van der Waals surface area contributed by atoms with E-state index in [0.29, 0.717) is 76.8 Å². The molecule has 4 aliphatic heterocycles. The van der Waals surface area contributed by atoms with Crippen molar-refractivity contribution in [2.45, 2.75) is 121 Å². The molecule has 0 saturated carbocycles. The number of benzene rings is 6. The first kappa shape index (κ1) is 78.4. The molecule has 4 saturated heterocycles. The monoisotopic (exact) mass is 1580 g/mol. The van der Waals surface area contributed by atoms with Crippen LogP contribution >= 0.6 is 0 Å². The number of nitrogens with zero attached hydrogens (tertiary/aromatic N) is 20. The minimum Gasteiger partial charge on any atom is -0.497 e. The first-order valence-electron chi connectivity index (χ1n) is 38.8. The molecule has 18 rings (SSSR count). The Hall–Kier alpha value is -13.9. The first-order valence-corrected chi connectivity index (χ1v) is 38.8. The second-order valence-corrected chi connectivity index (χ2v) is 29.8. The number of rotatable bonds is 20. The number of aromatic amines is 4. The highest BCUT2D eigenvalue weighted by Gasteiger charge is 2.33. The number of halogens is 4. The molecule has 4 atom stereocenters. The predicted octanol–water partition coefficient (Wildman–Crippen LogP) is 17.0. The zero-order valence-corrected chi connectivity index (χ0v) is 65.3. The maximum atomic E-state index is 13.3. The van der Waals surface area contributed by atoms with Gasteiger partial charge in [0.25, 0.3) is 0 Å². The smallest absolute Gasteiger partial charge is 0.233 e. The zero-order valence-electron chi connectivity index (χ0n) is 65.3. The van der Waals surface area contributed by atoms with Crippen molar-refractivity contribution >= 4 is 70.9 Å². The Bertz CT molecular complexity index is 5550. The van der Waals surface area contributed by atoms with E-state index in [-0.39, 0.29) is 52.9 Å². The third-order valence-corrected chi connectivity index (χ3v) is 20.5. The summed E-state index contributed by atoms with van der Waals surface area (Å²) in [5, 5.41) is 41.8. The minimum atomic E-state index is -0.239. The lowest BCUT2D eigenvalue weighted by molar-refractivity contribution is 0.415. The molecule has 0 bridgehead atoms. The third-order valence-electron chi connectivity index (χ3n) is 20.5. The van der Waals surface area contributed by atoms with E-state index >= 15 is 0 Å². The highest BCUT2D eigenvalue weighted by Crippen LogP contribution is 2.40. The van der Waals surface area contributed by atoms with Gasteiger partial charge in [-0.25, -0.2) is 57.4 Å². The van der Waals surface area contributed by atoms with E-state index in [9.17, 15) is 17.6 Å². The zero-order chi connectivity index (χ0) is 80.8. The Kier molecular flexibility index (Phi) is 24.2. The van der Waals surface area contributed by atoms with Crippen molar-refractivity contribution in [3.05, 3.63) is 258 Å². The van der Waals surface area contributed by atoms with Gasteiger partial charge in [0.1, 0.15) is 54.3 Å². The van der Waals surface area contributed by atoms with Crippen molar-refractivity contribution in [2.24, 2.45) is 0 Å². The molecule has 8 aromatic heterocycles. The average Bonchev–Trinajstić information content (AvgIpc) is 1.76. The maximum absolute atomic E-state index is 13.3. The molecule has 12 heterocycles. The number of hydrogen-bond donors (Lipinski definition) is 8. The van der Waals surface area contributed by atoms with Gasteiger partial charge in [-0.2, -0.15) is 40.3 Å². The molecule has 33 heteroatoms.